The second-order valence-corrected chi connectivity index (χ2v) is 5.41. The van der Waals surface area contributed by atoms with E-state index in [0.717, 1.165) is 0 Å². The topological polar surface area (TPSA) is 123 Å². The third-order valence-corrected chi connectivity index (χ3v) is 3.15. The van der Waals surface area contributed by atoms with E-state index in [0.29, 0.717) is 0 Å². The summed E-state index contributed by atoms with van der Waals surface area (Å²) < 4.78 is 18.5. The molecule has 3 unspecified atom stereocenters. The van der Waals surface area contributed by atoms with Crippen molar-refractivity contribution in [1.29, 1.82) is 0 Å². The minimum absolute atomic E-state index is 0.0230. The zero-order valence-corrected chi connectivity index (χ0v) is 14.0. The number of nitrogens with zero attached hydrogens (tertiary/aromatic N) is 1. The molecule has 3 atom stereocenters. The molecule has 0 aliphatic rings. The second-order valence-electron chi connectivity index (χ2n) is 5.41. The Balaban J connectivity index is 2.25. The molecule has 10 heteroatoms. The molecule has 1 aromatic rings. The maximum Gasteiger partial charge on any atom is 0.294 e. The molecule has 0 spiro atoms. The van der Waals surface area contributed by atoms with Crippen molar-refractivity contribution in [2.45, 2.75) is 32.1 Å². The van der Waals surface area contributed by atoms with Gasteiger partial charge in [0.2, 0.25) is 5.91 Å². The molecule has 0 bridgehead atoms. The number of benzene rings is 1. The fourth-order valence-electron chi connectivity index (χ4n) is 1.79. The number of carbonyl (C=O) groups is 1. The van der Waals surface area contributed by atoms with Crippen molar-refractivity contribution in [3.63, 3.8) is 0 Å². The number of aliphatic hydroxyl groups excluding tert-OH is 1. The van der Waals surface area contributed by atoms with Gasteiger partial charge in [-0.2, -0.15) is 0 Å². The number of nitrogens with one attached hydrogen (secondary N) is 2. The van der Waals surface area contributed by atoms with Crippen molar-refractivity contribution < 1.29 is 29.0 Å². The van der Waals surface area contributed by atoms with Crippen LogP contribution in [0.5, 0.6) is 5.75 Å². The summed E-state index contributed by atoms with van der Waals surface area (Å²) in [7, 11) is 0. The summed E-state index contributed by atoms with van der Waals surface area (Å²) in [5, 5.41) is 24.3. The van der Waals surface area contributed by atoms with Gasteiger partial charge in [-0.3, -0.25) is 4.79 Å². The highest BCUT2D eigenvalue weighted by Crippen LogP contribution is 2.15. The average Bonchev–Trinajstić information content (AvgIpc) is 2.56. The van der Waals surface area contributed by atoms with Gasteiger partial charge >= 0.3 is 0 Å². The Morgan fingerprint density at radius 1 is 1.36 bits per heavy atom. The Labute approximate surface area is 144 Å². The maximum absolute atomic E-state index is 13.4. The highest BCUT2D eigenvalue weighted by atomic mass is 19.1. The van der Waals surface area contributed by atoms with Crippen molar-refractivity contribution in [1.82, 2.24) is 10.6 Å². The van der Waals surface area contributed by atoms with Gasteiger partial charge in [-0.05, 0) is 26.0 Å². The molecule has 0 heterocycles. The van der Waals surface area contributed by atoms with Crippen LogP contribution in [0.2, 0.25) is 0 Å². The Kier molecular flexibility index (Phi) is 8.57. The van der Waals surface area contributed by atoms with Crippen molar-refractivity contribution in [2.24, 2.45) is 0 Å². The van der Waals surface area contributed by atoms with Gasteiger partial charge in [0.15, 0.2) is 11.6 Å². The molecule has 9 nitrogen and oxygen atoms in total. The number of amides is 1. The predicted octanol–water partition coefficient (Wildman–Crippen LogP) is 0.257. The van der Waals surface area contributed by atoms with Crippen LogP contribution in [-0.4, -0.2) is 54.0 Å². The molecule has 0 aliphatic heterocycles. The molecular formula is C15H22FN3O6. The molecule has 1 rings (SSSR count). The molecule has 1 amide bonds. The van der Waals surface area contributed by atoms with Crippen LogP contribution in [0.25, 0.3) is 0 Å². The Morgan fingerprint density at radius 3 is 2.68 bits per heavy atom. The van der Waals surface area contributed by atoms with Crippen LogP contribution in [0.15, 0.2) is 24.3 Å². The van der Waals surface area contributed by atoms with Gasteiger partial charge in [-0.25, -0.2) is 4.39 Å². The quantitative estimate of drug-likeness (QED) is 0.382. The van der Waals surface area contributed by atoms with Crippen LogP contribution < -0.4 is 15.4 Å². The van der Waals surface area contributed by atoms with Crippen LogP contribution in [-0.2, 0) is 9.63 Å². The van der Waals surface area contributed by atoms with Gasteiger partial charge in [-0.15, -0.1) is 10.1 Å². The number of aliphatic hydroxyl groups is 1. The molecule has 0 saturated carbocycles. The number of para-hydroxylation sites is 1. The van der Waals surface area contributed by atoms with Crippen LogP contribution in [0.3, 0.4) is 0 Å². The molecule has 0 saturated heterocycles. The highest BCUT2D eigenvalue weighted by Gasteiger charge is 2.16. The van der Waals surface area contributed by atoms with E-state index in [1.165, 1.54) is 25.1 Å². The van der Waals surface area contributed by atoms with E-state index in [1.807, 2.05) is 0 Å². The molecule has 0 radical (unpaired) electrons. The number of carbonyl (C=O) groups excluding carboxylic acids is 1. The van der Waals surface area contributed by atoms with Crippen LogP contribution in [0.1, 0.15) is 13.8 Å². The first-order valence-electron chi connectivity index (χ1n) is 7.67. The number of halogens is 1. The second kappa shape index (κ2) is 10.4. The molecular weight excluding hydrogens is 337 g/mol. The third kappa shape index (κ3) is 8.27. The maximum atomic E-state index is 13.4. The van der Waals surface area contributed by atoms with Crippen molar-refractivity contribution in [3.05, 3.63) is 40.2 Å². The molecule has 0 aliphatic carbocycles. The van der Waals surface area contributed by atoms with Crippen LogP contribution >= 0.6 is 0 Å². The van der Waals surface area contributed by atoms with Crippen molar-refractivity contribution in [2.75, 3.05) is 19.7 Å². The minimum atomic E-state index is -0.952. The van der Waals surface area contributed by atoms with E-state index in [2.05, 4.69) is 15.5 Å². The number of hydrogen-bond donors (Lipinski definition) is 3. The normalized spacial score (nSPS) is 14.2. The SMILES string of the molecule is CC(CNC(=O)C(C)NCC(O)COc1ccccc1F)O[N+](=O)[O-]. The Morgan fingerprint density at radius 2 is 2.04 bits per heavy atom. The summed E-state index contributed by atoms with van der Waals surface area (Å²) in [6.07, 6.45) is -1.72. The van der Waals surface area contributed by atoms with Gasteiger partial charge in [0, 0.05) is 13.1 Å². The van der Waals surface area contributed by atoms with E-state index in [1.54, 1.807) is 13.0 Å². The molecule has 25 heavy (non-hydrogen) atoms. The lowest BCUT2D eigenvalue weighted by Crippen LogP contribution is -2.47. The van der Waals surface area contributed by atoms with Crippen molar-refractivity contribution >= 4 is 5.91 Å². The molecule has 0 aromatic heterocycles. The lowest BCUT2D eigenvalue weighted by atomic mass is 10.2. The number of rotatable bonds is 11. The summed E-state index contributed by atoms with van der Waals surface area (Å²) in [5.41, 5.74) is 0. The van der Waals surface area contributed by atoms with Gasteiger partial charge in [-0.1, -0.05) is 12.1 Å². The number of ether oxygens (including phenoxy) is 1. The standard InChI is InChI=1S/C15H22FN3O6/c1-10(25-19(22)23)7-18-15(21)11(2)17-8-12(20)9-24-14-6-4-3-5-13(14)16/h3-6,10-12,17,20H,7-9H2,1-2H3,(H,18,21). The molecule has 1 aromatic carbocycles. The minimum Gasteiger partial charge on any atom is -0.488 e. The summed E-state index contributed by atoms with van der Waals surface area (Å²) >= 11 is 0. The van der Waals surface area contributed by atoms with E-state index < -0.39 is 35.1 Å². The van der Waals surface area contributed by atoms with Crippen LogP contribution in [0, 0.1) is 15.9 Å². The zero-order valence-electron chi connectivity index (χ0n) is 14.0. The zero-order chi connectivity index (χ0) is 18.8. The summed E-state index contributed by atoms with van der Waals surface area (Å²) in [5.74, 6) is -0.894. The molecule has 3 N–H and O–H groups in total. The van der Waals surface area contributed by atoms with E-state index in [-0.39, 0.29) is 25.4 Å². The first-order valence-corrected chi connectivity index (χ1v) is 7.67. The molecule has 140 valence electrons. The van der Waals surface area contributed by atoms with Crippen LogP contribution in [0.4, 0.5) is 4.39 Å². The average molecular weight is 359 g/mol. The van der Waals surface area contributed by atoms with Gasteiger partial charge in [0.05, 0.1) is 6.04 Å². The highest BCUT2D eigenvalue weighted by molar-refractivity contribution is 5.81. The Bertz CT molecular complexity index is 574. The third-order valence-electron chi connectivity index (χ3n) is 3.15. The predicted molar refractivity (Wildman–Crippen MR) is 85.9 cm³/mol. The van der Waals surface area contributed by atoms with Gasteiger partial charge in [0.1, 0.15) is 18.8 Å². The van der Waals surface area contributed by atoms with E-state index in [9.17, 15) is 24.4 Å². The number of hydrogen-bond acceptors (Lipinski definition) is 7. The first-order chi connectivity index (χ1) is 11.8. The summed E-state index contributed by atoms with van der Waals surface area (Å²) in [6.45, 7) is 2.90. The van der Waals surface area contributed by atoms with Gasteiger partial charge < -0.3 is 25.3 Å². The summed E-state index contributed by atoms with van der Waals surface area (Å²) in [4.78, 5) is 26.2. The first kappa shape index (κ1) is 20.6. The van der Waals surface area contributed by atoms with Gasteiger partial charge in [0.25, 0.3) is 5.09 Å². The van der Waals surface area contributed by atoms with E-state index in [4.69, 9.17) is 4.74 Å². The lowest BCUT2D eigenvalue weighted by Gasteiger charge is -2.18. The van der Waals surface area contributed by atoms with Crippen molar-refractivity contribution in [3.8, 4) is 5.75 Å². The molecule has 0 fully saturated rings. The lowest BCUT2D eigenvalue weighted by molar-refractivity contribution is -0.767. The monoisotopic (exact) mass is 359 g/mol. The summed E-state index contributed by atoms with van der Waals surface area (Å²) in [6, 6.07) is 5.18. The Hall–Kier alpha value is -2.46. The fourth-order valence-corrected chi connectivity index (χ4v) is 1.79. The van der Waals surface area contributed by atoms with E-state index >= 15 is 0 Å². The smallest absolute Gasteiger partial charge is 0.294 e. The fraction of sp³-hybridized carbons (Fsp3) is 0.533. The largest absolute Gasteiger partial charge is 0.488 e.